The van der Waals surface area contributed by atoms with Crippen molar-refractivity contribution in [3.63, 3.8) is 0 Å². The number of nitrogens with one attached hydrogen (secondary N) is 1. The molecule has 1 aromatic heterocycles. The third-order valence-corrected chi connectivity index (χ3v) is 4.67. The van der Waals surface area contributed by atoms with Crippen LogP contribution in [0, 0.1) is 13.8 Å². The van der Waals surface area contributed by atoms with Crippen LogP contribution in [0.1, 0.15) is 42.5 Å². The molecule has 1 aromatic carbocycles. The maximum absolute atomic E-state index is 12.1. The number of hydrogen-bond donors (Lipinski definition) is 1. The van der Waals surface area contributed by atoms with E-state index in [2.05, 4.69) is 10.5 Å². The highest BCUT2D eigenvalue weighted by atomic mass is 32.2. The number of aromatic nitrogens is 1. The van der Waals surface area contributed by atoms with Crippen molar-refractivity contribution in [2.75, 3.05) is 12.4 Å². The lowest BCUT2D eigenvalue weighted by atomic mass is 10.1. The molecule has 0 spiro atoms. The van der Waals surface area contributed by atoms with Crippen molar-refractivity contribution in [2.45, 2.75) is 39.5 Å². The first kappa shape index (κ1) is 18.4. The number of ether oxygens (including phenoxy) is 1. The number of aryl methyl sites for hydroxylation is 2. The monoisotopic (exact) mass is 348 g/mol. The van der Waals surface area contributed by atoms with Crippen LogP contribution in [0.2, 0.25) is 0 Å². The van der Waals surface area contributed by atoms with Gasteiger partial charge in [-0.15, -0.1) is 11.8 Å². The molecule has 0 aliphatic carbocycles. The van der Waals surface area contributed by atoms with Crippen LogP contribution in [0.15, 0.2) is 28.8 Å². The molecule has 1 amide bonds. The quantitative estimate of drug-likeness (QED) is 0.786. The topological polar surface area (TPSA) is 64.4 Å². The Kier molecular flexibility index (Phi) is 6.73. The molecule has 1 atom stereocenters. The van der Waals surface area contributed by atoms with Crippen molar-refractivity contribution in [1.82, 2.24) is 10.5 Å². The van der Waals surface area contributed by atoms with Crippen molar-refractivity contribution in [3.05, 3.63) is 46.8 Å². The van der Waals surface area contributed by atoms with Gasteiger partial charge in [-0.3, -0.25) is 4.79 Å². The summed E-state index contributed by atoms with van der Waals surface area (Å²) in [6, 6.07) is 7.75. The van der Waals surface area contributed by atoms with E-state index in [1.165, 1.54) is 0 Å². The fraction of sp³-hybridized carbons (Fsp3) is 0.444. The van der Waals surface area contributed by atoms with E-state index in [0.717, 1.165) is 34.1 Å². The molecule has 1 N–H and O–H groups in total. The van der Waals surface area contributed by atoms with Crippen LogP contribution in [0.4, 0.5) is 0 Å². The summed E-state index contributed by atoms with van der Waals surface area (Å²) in [7, 11) is 0. The highest BCUT2D eigenvalue weighted by molar-refractivity contribution is 7.99. The lowest BCUT2D eigenvalue weighted by molar-refractivity contribution is -0.119. The number of amides is 1. The second kappa shape index (κ2) is 8.78. The van der Waals surface area contributed by atoms with Crippen LogP contribution in [0.5, 0.6) is 5.75 Å². The van der Waals surface area contributed by atoms with E-state index in [1.54, 1.807) is 11.8 Å². The first-order chi connectivity index (χ1) is 11.5. The number of hydrogen-bond acceptors (Lipinski definition) is 5. The summed E-state index contributed by atoms with van der Waals surface area (Å²) in [5.74, 6) is 2.79. The van der Waals surface area contributed by atoms with Gasteiger partial charge in [0, 0.05) is 11.3 Å². The minimum Gasteiger partial charge on any atom is -0.494 e. The molecule has 24 heavy (non-hydrogen) atoms. The summed E-state index contributed by atoms with van der Waals surface area (Å²) in [4.78, 5) is 12.1. The van der Waals surface area contributed by atoms with Gasteiger partial charge in [0.1, 0.15) is 11.5 Å². The summed E-state index contributed by atoms with van der Waals surface area (Å²) in [5, 5.41) is 6.94. The second-order valence-corrected chi connectivity index (χ2v) is 6.58. The Morgan fingerprint density at radius 2 is 2.21 bits per heavy atom. The van der Waals surface area contributed by atoms with Crippen molar-refractivity contribution in [1.29, 1.82) is 0 Å². The summed E-state index contributed by atoms with van der Waals surface area (Å²) in [6.07, 6.45) is 0. The van der Waals surface area contributed by atoms with Gasteiger partial charge in [-0.25, -0.2) is 0 Å². The van der Waals surface area contributed by atoms with Crippen molar-refractivity contribution >= 4 is 17.7 Å². The van der Waals surface area contributed by atoms with Gasteiger partial charge >= 0.3 is 0 Å². The lowest BCUT2D eigenvalue weighted by Gasteiger charge is -2.15. The highest BCUT2D eigenvalue weighted by Crippen LogP contribution is 2.21. The molecule has 0 unspecified atom stereocenters. The SMILES string of the molecule is CCOc1cccc([C@@H](C)NC(=O)CSCc2c(C)noc2C)c1. The first-order valence-corrected chi connectivity index (χ1v) is 9.18. The summed E-state index contributed by atoms with van der Waals surface area (Å²) in [5.41, 5.74) is 3.00. The maximum Gasteiger partial charge on any atom is 0.230 e. The average Bonchev–Trinajstić information content (AvgIpc) is 2.87. The molecule has 0 saturated carbocycles. The van der Waals surface area contributed by atoms with E-state index in [9.17, 15) is 4.79 Å². The fourth-order valence-corrected chi connectivity index (χ4v) is 3.35. The molecule has 0 aliphatic heterocycles. The number of carbonyl (C=O) groups excluding carboxylic acids is 1. The number of thioether (sulfide) groups is 1. The van der Waals surface area contributed by atoms with Gasteiger partial charge in [0.05, 0.1) is 24.1 Å². The molecule has 2 aromatic rings. The van der Waals surface area contributed by atoms with Crippen LogP contribution in [0.25, 0.3) is 0 Å². The Hall–Kier alpha value is -1.95. The number of benzene rings is 1. The number of rotatable bonds is 8. The van der Waals surface area contributed by atoms with Gasteiger partial charge < -0.3 is 14.6 Å². The van der Waals surface area contributed by atoms with Crippen LogP contribution >= 0.6 is 11.8 Å². The minimum absolute atomic E-state index is 0.0149. The summed E-state index contributed by atoms with van der Waals surface area (Å²) < 4.78 is 10.6. The largest absolute Gasteiger partial charge is 0.494 e. The molecule has 6 heteroatoms. The fourth-order valence-electron chi connectivity index (χ4n) is 2.36. The third kappa shape index (κ3) is 5.03. The van der Waals surface area contributed by atoms with E-state index in [0.29, 0.717) is 12.4 Å². The van der Waals surface area contributed by atoms with Gasteiger partial charge in [0.15, 0.2) is 0 Å². The second-order valence-electron chi connectivity index (χ2n) is 5.59. The molecule has 0 aliphatic rings. The van der Waals surface area contributed by atoms with Gasteiger partial charge in [-0.05, 0) is 45.4 Å². The Morgan fingerprint density at radius 1 is 1.42 bits per heavy atom. The zero-order valence-electron chi connectivity index (χ0n) is 14.6. The van der Waals surface area contributed by atoms with Crippen molar-refractivity contribution in [2.24, 2.45) is 0 Å². The average molecular weight is 348 g/mol. The summed E-state index contributed by atoms with van der Waals surface area (Å²) >= 11 is 1.56. The van der Waals surface area contributed by atoms with Gasteiger partial charge in [-0.2, -0.15) is 0 Å². The highest BCUT2D eigenvalue weighted by Gasteiger charge is 2.13. The first-order valence-electron chi connectivity index (χ1n) is 8.02. The van der Waals surface area contributed by atoms with Gasteiger partial charge in [-0.1, -0.05) is 17.3 Å². The van der Waals surface area contributed by atoms with E-state index in [1.807, 2.05) is 52.0 Å². The Balaban J connectivity index is 1.82. The molecule has 0 saturated heterocycles. The Morgan fingerprint density at radius 3 is 2.88 bits per heavy atom. The van der Waals surface area contributed by atoms with Crippen molar-refractivity contribution < 1.29 is 14.1 Å². The molecule has 0 radical (unpaired) electrons. The summed E-state index contributed by atoms with van der Waals surface area (Å²) in [6.45, 7) is 8.36. The molecular formula is C18H24N2O3S. The normalized spacial score (nSPS) is 12.0. The van der Waals surface area contributed by atoms with E-state index in [-0.39, 0.29) is 11.9 Å². The molecule has 130 valence electrons. The van der Waals surface area contributed by atoms with E-state index >= 15 is 0 Å². The predicted octanol–water partition coefficient (Wildman–Crippen LogP) is 3.80. The Bertz CT molecular complexity index is 665. The lowest BCUT2D eigenvalue weighted by Crippen LogP contribution is -2.28. The minimum atomic E-state index is -0.0578. The zero-order valence-corrected chi connectivity index (χ0v) is 15.4. The van der Waals surface area contributed by atoms with Crippen LogP contribution < -0.4 is 10.1 Å². The molecule has 1 heterocycles. The molecule has 0 fully saturated rings. The number of nitrogens with zero attached hydrogens (tertiary/aromatic N) is 1. The van der Waals surface area contributed by atoms with E-state index in [4.69, 9.17) is 9.26 Å². The van der Waals surface area contributed by atoms with Crippen molar-refractivity contribution in [3.8, 4) is 5.75 Å². The van der Waals surface area contributed by atoms with Gasteiger partial charge in [0.2, 0.25) is 5.91 Å². The van der Waals surface area contributed by atoms with Crippen LogP contribution in [0.3, 0.4) is 0 Å². The molecule has 2 rings (SSSR count). The van der Waals surface area contributed by atoms with Crippen LogP contribution in [-0.4, -0.2) is 23.4 Å². The third-order valence-electron chi connectivity index (χ3n) is 3.71. The Labute approximate surface area is 147 Å². The maximum atomic E-state index is 12.1. The van der Waals surface area contributed by atoms with E-state index < -0.39 is 0 Å². The van der Waals surface area contributed by atoms with Gasteiger partial charge in [0.25, 0.3) is 0 Å². The smallest absolute Gasteiger partial charge is 0.230 e. The van der Waals surface area contributed by atoms with Crippen LogP contribution in [-0.2, 0) is 10.5 Å². The molecule has 0 bridgehead atoms. The molecule has 5 nitrogen and oxygen atoms in total. The zero-order chi connectivity index (χ0) is 17.5. The standard InChI is InChI=1S/C18H24N2O3S/c1-5-22-16-8-6-7-15(9-16)12(2)19-18(21)11-24-10-17-13(3)20-23-14(17)4/h6-9,12H,5,10-11H2,1-4H3,(H,19,21)/t12-/m1/s1. The predicted molar refractivity (Wildman–Crippen MR) is 96.3 cm³/mol. The number of carbonyl (C=O) groups is 1. The molecular weight excluding hydrogens is 324 g/mol.